The van der Waals surface area contributed by atoms with Crippen LogP contribution in [-0.4, -0.2) is 34.1 Å². The molecule has 3 unspecified atom stereocenters. The van der Waals surface area contributed by atoms with Gasteiger partial charge >= 0.3 is 0 Å². The van der Waals surface area contributed by atoms with E-state index < -0.39 is 11.4 Å². The number of aromatic nitrogens is 1. The van der Waals surface area contributed by atoms with E-state index in [1.54, 1.807) is 16.9 Å². The molecule has 7 heteroatoms. The van der Waals surface area contributed by atoms with E-state index in [0.29, 0.717) is 13.0 Å². The van der Waals surface area contributed by atoms with Crippen LogP contribution < -0.4 is 10.3 Å². The summed E-state index contributed by atoms with van der Waals surface area (Å²) in [5.41, 5.74) is 0.791. The average molecular weight is 392 g/mol. The third-order valence-electron chi connectivity index (χ3n) is 6.02. The lowest BCUT2D eigenvalue weighted by Crippen LogP contribution is -2.49. The molecule has 0 bridgehead atoms. The Hall–Kier alpha value is -1.33. The Kier molecular flexibility index (Phi) is 6.99. The van der Waals surface area contributed by atoms with Crippen molar-refractivity contribution in [2.24, 2.45) is 5.92 Å². The first-order chi connectivity index (χ1) is 13.0. The number of rotatable bonds is 6. The van der Waals surface area contributed by atoms with Crippen LogP contribution in [0.4, 0.5) is 0 Å². The molecule has 0 saturated heterocycles. The number of fused-ring (bicyclic) bond motifs is 1. The maximum atomic E-state index is 12.8. The Morgan fingerprint density at radius 3 is 2.70 bits per heavy atom. The van der Waals surface area contributed by atoms with Crippen molar-refractivity contribution in [2.45, 2.75) is 70.1 Å². The number of ether oxygens (including phenoxy) is 1. The van der Waals surface area contributed by atoms with Gasteiger partial charge in [-0.15, -0.1) is 4.72 Å². The summed E-state index contributed by atoms with van der Waals surface area (Å²) in [6.07, 6.45) is 9.07. The van der Waals surface area contributed by atoms with Crippen LogP contribution in [0.15, 0.2) is 16.9 Å². The number of nitrogens with zero attached hydrogens (tertiary/aromatic N) is 2. The molecule has 0 radical (unpaired) electrons. The molecule has 0 amide bonds. The highest BCUT2D eigenvalue weighted by Crippen LogP contribution is 2.30. The molecule has 1 N–H and O–H groups in total. The highest BCUT2D eigenvalue weighted by atomic mass is 32.2. The molecule has 1 aromatic rings. The van der Waals surface area contributed by atoms with Gasteiger partial charge in [0.1, 0.15) is 17.9 Å². The van der Waals surface area contributed by atoms with Crippen molar-refractivity contribution in [3.63, 3.8) is 0 Å². The van der Waals surface area contributed by atoms with E-state index in [9.17, 15) is 14.6 Å². The lowest BCUT2D eigenvalue weighted by molar-refractivity contribution is -0.00692. The summed E-state index contributed by atoms with van der Waals surface area (Å²) < 4.78 is 22.8. The molecule has 0 aromatic carbocycles. The van der Waals surface area contributed by atoms with Crippen LogP contribution in [-0.2, 0) is 22.5 Å². The molecule has 148 valence electrons. The van der Waals surface area contributed by atoms with E-state index in [4.69, 9.17) is 4.74 Å². The first-order valence-electron chi connectivity index (χ1n) is 9.89. The number of hydrogen-bond acceptors (Lipinski definition) is 5. The van der Waals surface area contributed by atoms with Gasteiger partial charge in [0.15, 0.2) is 0 Å². The largest absolute Gasteiger partial charge is 0.598 e. The van der Waals surface area contributed by atoms with Gasteiger partial charge in [0.25, 0.3) is 5.56 Å². The third kappa shape index (κ3) is 4.75. The molecule has 1 saturated carbocycles. The topological polar surface area (TPSA) is 90.1 Å². The smallest absolute Gasteiger partial charge is 0.269 e. The predicted molar refractivity (Wildman–Crippen MR) is 106 cm³/mol. The Balaban J connectivity index is 1.79. The fraction of sp³-hybridized carbons (Fsp3) is 0.700. The molecule has 0 spiro atoms. The van der Waals surface area contributed by atoms with Crippen molar-refractivity contribution in [1.82, 2.24) is 9.29 Å². The van der Waals surface area contributed by atoms with Crippen LogP contribution in [0.25, 0.3) is 0 Å². The monoisotopic (exact) mass is 391 g/mol. The minimum atomic E-state index is -1.17. The van der Waals surface area contributed by atoms with Gasteiger partial charge in [0, 0.05) is 17.1 Å². The summed E-state index contributed by atoms with van der Waals surface area (Å²) in [6, 6.07) is 5.09. The van der Waals surface area contributed by atoms with Crippen LogP contribution in [0.3, 0.4) is 0 Å². The molecule has 2 heterocycles. The van der Waals surface area contributed by atoms with Crippen molar-refractivity contribution in [3.05, 3.63) is 33.7 Å². The van der Waals surface area contributed by atoms with Crippen LogP contribution in [0.5, 0.6) is 0 Å². The van der Waals surface area contributed by atoms with Gasteiger partial charge in [0.05, 0.1) is 24.8 Å². The number of nitrogens with one attached hydrogen (secondary N) is 1. The molecule has 1 aromatic heterocycles. The highest BCUT2D eigenvalue weighted by molar-refractivity contribution is 7.88. The molecule has 3 atom stereocenters. The average Bonchev–Trinajstić information content (AvgIpc) is 2.67. The standard InChI is InChI=1S/C20H29N3O3S/c1-3-14-4-9-17(10-5-14)26-13-19-18(22-27(2)25)11-8-16-7-6-15(12-21)20(24)23(16)19/h6-7,14,17-19,22H,3-5,8-11,13H2,1-2H3. The van der Waals surface area contributed by atoms with Gasteiger partial charge in [-0.2, -0.15) is 5.26 Å². The normalized spacial score (nSPS) is 29.0. The molecule has 2 aliphatic rings. The molecular formula is C20H29N3O3S. The first-order valence-corrected chi connectivity index (χ1v) is 11.4. The second-order valence-electron chi connectivity index (χ2n) is 7.69. The fourth-order valence-electron chi connectivity index (χ4n) is 4.40. The highest BCUT2D eigenvalue weighted by Gasteiger charge is 2.34. The second-order valence-corrected chi connectivity index (χ2v) is 8.84. The van der Waals surface area contributed by atoms with E-state index in [-0.39, 0.29) is 29.3 Å². The Labute approximate surface area is 164 Å². The first kappa shape index (κ1) is 20.4. The van der Waals surface area contributed by atoms with Gasteiger partial charge < -0.3 is 13.9 Å². The van der Waals surface area contributed by atoms with E-state index >= 15 is 0 Å². The summed E-state index contributed by atoms with van der Waals surface area (Å²) in [6.45, 7) is 2.64. The zero-order valence-electron chi connectivity index (χ0n) is 16.1. The van der Waals surface area contributed by atoms with Crippen molar-refractivity contribution in [1.29, 1.82) is 5.26 Å². The molecule has 1 aliphatic heterocycles. The molecule has 1 aliphatic carbocycles. The molecule has 6 nitrogen and oxygen atoms in total. The Morgan fingerprint density at radius 2 is 2.07 bits per heavy atom. The van der Waals surface area contributed by atoms with Crippen molar-refractivity contribution in [2.75, 3.05) is 12.9 Å². The number of hydrogen-bond donors (Lipinski definition) is 1. The van der Waals surface area contributed by atoms with Gasteiger partial charge in [-0.3, -0.25) is 4.79 Å². The summed E-state index contributed by atoms with van der Waals surface area (Å²) in [7, 11) is 0. The summed E-state index contributed by atoms with van der Waals surface area (Å²) in [4.78, 5) is 12.8. The van der Waals surface area contributed by atoms with Crippen LogP contribution in [0, 0.1) is 17.2 Å². The number of nitriles is 1. The third-order valence-corrected chi connectivity index (χ3v) is 6.65. The predicted octanol–water partition coefficient (Wildman–Crippen LogP) is 2.44. The van der Waals surface area contributed by atoms with Crippen molar-refractivity contribution < 1.29 is 9.29 Å². The van der Waals surface area contributed by atoms with Crippen LogP contribution >= 0.6 is 0 Å². The second kappa shape index (κ2) is 9.24. The van der Waals surface area contributed by atoms with Gasteiger partial charge in [-0.1, -0.05) is 13.3 Å². The summed E-state index contributed by atoms with van der Waals surface area (Å²) in [5.74, 6) is 0.804. The summed E-state index contributed by atoms with van der Waals surface area (Å²) >= 11 is -1.17. The van der Waals surface area contributed by atoms with E-state index in [1.807, 2.05) is 12.1 Å². The lowest BCUT2D eigenvalue weighted by atomic mass is 9.86. The van der Waals surface area contributed by atoms with Crippen molar-refractivity contribution >= 4 is 11.4 Å². The van der Waals surface area contributed by atoms with E-state index in [0.717, 1.165) is 30.9 Å². The van der Waals surface area contributed by atoms with E-state index in [2.05, 4.69) is 11.6 Å². The number of pyridine rings is 1. The molecular weight excluding hydrogens is 362 g/mol. The maximum absolute atomic E-state index is 12.8. The molecule has 27 heavy (non-hydrogen) atoms. The summed E-state index contributed by atoms with van der Waals surface area (Å²) in [5, 5.41) is 9.24. The molecule has 1 fully saturated rings. The lowest BCUT2D eigenvalue weighted by Gasteiger charge is -2.36. The van der Waals surface area contributed by atoms with Gasteiger partial charge in [-0.05, 0) is 56.6 Å². The van der Waals surface area contributed by atoms with Gasteiger partial charge in [-0.25, -0.2) is 0 Å². The minimum absolute atomic E-state index is 0.109. The Morgan fingerprint density at radius 1 is 1.33 bits per heavy atom. The zero-order valence-corrected chi connectivity index (χ0v) is 17.0. The quantitative estimate of drug-likeness (QED) is 0.752. The SMILES string of the molecule is CCC1CCC(OCC2C(N[S+](C)[O-])CCc3ccc(C#N)c(=O)n32)CC1. The van der Waals surface area contributed by atoms with Crippen molar-refractivity contribution in [3.8, 4) is 6.07 Å². The maximum Gasteiger partial charge on any atom is 0.269 e. The number of aryl methyl sites for hydroxylation is 1. The van der Waals surface area contributed by atoms with Crippen LogP contribution in [0.2, 0.25) is 0 Å². The zero-order chi connectivity index (χ0) is 19.4. The Bertz CT molecular complexity index is 735. The van der Waals surface area contributed by atoms with E-state index in [1.165, 1.54) is 19.3 Å². The minimum Gasteiger partial charge on any atom is -0.598 e. The van der Waals surface area contributed by atoms with Crippen LogP contribution in [0.1, 0.15) is 62.7 Å². The van der Waals surface area contributed by atoms with Gasteiger partial charge in [0.2, 0.25) is 0 Å². The fourth-order valence-corrected chi connectivity index (χ4v) is 5.10. The molecule has 3 rings (SSSR count).